The minimum atomic E-state index is -0.197. The first-order valence-electron chi connectivity index (χ1n) is 11.4. The molecule has 152 valence electrons. The Morgan fingerprint density at radius 3 is 2.12 bits per heavy atom. The Morgan fingerprint density at radius 1 is 0.594 bits per heavy atom. The van der Waals surface area contributed by atoms with Gasteiger partial charge in [0, 0.05) is 11.4 Å². The van der Waals surface area contributed by atoms with Gasteiger partial charge in [-0.05, 0) is 81.6 Å². The molecule has 0 radical (unpaired) electrons. The number of allylic oxidation sites excluding steroid dienone is 4. The van der Waals surface area contributed by atoms with Crippen molar-refractivity contribution >= 4 is 16.9 Å². The van der Waals surface area contributed by atoms with Crippen LogP contribution in [0.3, 0.4) is 0 Å². The fourth-order valence-electron chi connectivity index (χ4n) is 6.17. The van der Waals surface area contributed by atoms with Crippen LogP contribution in [0.25, 0.3) is 16.7 Å². The number of benzene rings is 4. The summed E-state index contributed by atoms with van der Waals surface area (Å²) >= 11 is 0. The molecule has 0 amide bonds. The van der Waals surface area contributed by atoms with Crippen molar-refractivity contribution in [2.24, 2.45) is 0 Å². The maximum atomic E-state index is 3.63. The maximum Gasteiger partial charge on any atom is 0.0689 e. The van der Waals surface area contributed by atoms with Crippen LogP contribution in [0.15, 0.2) is 115 Å². The highest BCUT2D eigenvalue weighted by Crippen LogP contribution is 2.63. The molecule has 3 aliphatic carbocycles. The van der Waals surface area contributed by atoms with Gasteiger partial charge in [-0.25, -0.2) is 0 Å². The number of anilines is 2. The predicted octanol–water partition coefficient (Wildman–Crippen LogP) is 7.86. The highest BCUT2D eigenvalue weighted by molar-refractivity contribution is 5.97. The van der Waals surface area contributed by atoms with E-state index in [0.717, 1.165) is 24.2 Å². The van der Waals surface area contributed by atoms with Gasteiger partial charge in [0.2, 0.25) is 0 Å². The van der Waals surface area contributed by atoms with Crippen LogP contribution in [0.5, 0.6) is 0 Å². The molecule has 1 atom stereocenters. The van der Waals surface area contributed by atoms with E-state index in [9.17, 15) is 0 Å². The lowest BCUT2D eigenvalue weighted by Crippen LogP contribution is -2.27. The SMILES string of the molecule is C1=CC2=C(CC1)C1(c3ccccc32)c2ccccc2-c2ccc(Nc3ccccc3)cc21. The van der Waals surface area contributed by atoms with Crippen molar-refractivity contribution in [3.05, 3.63) is 137 Å². The van der Waals surface area contributed by atoms with Gasteiger partial charge in [0.15, 0.2) is 0 Å². The van der Waals surface area contributed by atoms with Crippen LogP contribution in [0.4, 0.5) is 11.4 Å². The van der Waals surface area contributed by atoms with Gasteiger partial charge in [-0.2, -0.15) is 0 Å². The highest BCUT2D eigenvalue weighted by atomic mass is 14.9. The second kappa shape index (κ2) is 6.58. The Bertz CT molecular complexity index is 1440. The van der Waals surface area contributed by atoms with Crippen molar-refractivity contribution in [2.75, 3.05) is 5.32 Å². The van der Waals surface area contributed by atoms with Crippen LogP contribution in [-0.4, -0.2) is 0 Å². The predicted molar refractivity (Wildman–Crippen MR) is 133 cm³/mol. The van der Waals surface area contributed by atoms with Crippen LogP contribution >= 0.6 is 0 Å². The van der Waals surface area contributed by atoms with E-state index in [1.807, 2.05) is 0 Å². The largest absolute Gasteiger partial charge is 0.356 e. The van der Waals surface area contributed by atoms with Crippen LogP contribution in [0.2, 0.25) is 0 Å². The molecule has 1 nitrogen and oxygen atoms in total. The molecule has 1 N–H and O–H groups in total. The maximum absolute atomic E-state index is 3.63. The van der Waals surface area contributed by atoms with Crippen LogP contribution < -0.4 is 5.32 Å². The molecule has 0 saturated heterocycles. The van der Waals surface area contributed by atoms with Gasteiger partial charge in [-0.3, -0.25) is 0 Å². The minimum absolute atomic E-state index is 0.197. The molecule has 0 saturated carbocycles. The molecular formula is C31H23N. The third-order valence-corrected chi connectivity index (χ3v) is 7.35. The molecule has 0 fully saturated rings. The van der Waals surface area contributed by atoms with Crippen molar-refractivity contribution in [1.29, 1.82) is 0 Å². The molecule has 0 aromatic heterocycles. The van der Waals surface area contributed by atoms with Gasteiger partial charge >= 0.3 is 0 Å². The quantitative estimate of drug-likeness (QED) is 0.355. The Kier molecular flexibility index (Phi) is 3.66. The summed E-state index contributed by atoms with van der Waals surface area (Å²) in [4.78, 5) is 0. The summed E-state index contributed by atoms with van der Waals surface area (Å²) in [6.07, 6.45) is 6.90. The summed E-state index contributed by atoms with van der Waals surface area (Å²) in [6, 6.07) is 35.4. The second-order valence-corrected chi connectivity index (χ2v) is 8.93. The van der Waals surface area contributed by atoms with E-state index < -0.39 is 0 Å². The van der Waals surface area contributed by atoms with Crippen molar-refractivity contribution in [2.45, 2.75) is 18.3 Å². The summed E-state index contributed by atoms with van der Waals surface area (Å²) in [5.74, 6) is 0. The second-order valence-electron chi connectivity index (χ2n) is 8.93. The lowest BCUT2D eigenvalue weighted by molar-refractivity contribution is 0.714. The van der Waals surface area contributed by atoms with Crippen LogP contribution in [0, 0.1) is 0 Å². The summed E-state index contributed by atoms with van der Waals surface area (Å²) < 4.78 is 0. The van der Waals surface area contributed by atoms with Gasteiger partial charge in [0.25, 0.3) is 0 Å². The Morgan fingerprint density at radius 2 is 1.28 bits per heavy atom. The molecule has 0 aliphatic heterocycles. The number of rotatable bonds is 2. The van der Waals surface area contributed by atoms with Crippen molar-refractivity contribution in [3.63, 3.8) is 0 Å². The highest BCUT2D eigenvalue weighted by Gasteiger charge is 2.52. The molecule has 32 heavy (non-hydrogen) atoms. The zero-order chi connectivity index (χ0) is 21.1. The van der Waals surface area contributed by atoms with Gasteiger partial charge < -0.3 is 5.32 Å². The van der Waals surface area contributed by atoms with E-state index in [4.69, 9.17) is 0 Å². The summed E-state index contributed by atoms with van der Waals surface area (Å²) in [6.45, 7) is 0. The van der Waals surface area contributed by atoms with Gasteiger partial charge in [-0.1, -0.05) is 84.9 Å². The smallest absolute Gasteiger partial charge is 0.0689 e. The van der Waals surface area contributed by atoms with Crippen LogP contribution in [0.1, 0.15) is 35.1 Å². The Balaban J connectivity index is 1.53. The van der Waals surface area contributed by atoms with E-state index in [-0.39, 0.29) is 5.41 Å². The normalized spacial score (nSPS) is 19.5. The lowest BCUT2D eigenvalue weighted by atomic mass is 9.68. The molecule has 1 heteroatoms. The molecule has 7 rings (SSSR count). The van der Waals surface area contributed by atoms with Gasteiger partial charge in [0.1, 0.15) is 0 Å². The molecule has 4 aromatic rings. The number of nitrogens with one attached hydrogen (secondary N) is 1. The first-order chi connectivity index (χ1) is 15.9. The van der Waals surface area contributed by atoms with E-state index in [2.05, 4.69) is 115 Å². The van der Waals surface area contributed by atoms with E-state index in [1.54, 1.807) is 5.57 Å². The third-order valence-electron chi connectivity index (χ3n) is 7.35. The van der Waals surface area contributed by atoms with Gasteiger partial charge in [-0.15, -0.1) is 0 Å². The number of para-hydroxylation sites is 1. The van der Waals surface area contributed by atoms with Crippen molar-refractivity contribution in [3.8, 4) is 11.1 Å². The minimum Gasteiger partial charge on any atom is -0.356 e. The molecule has 3 aliphatic rings. The van der Waals surface area contributed by atoms with E-state index >= 15 is 0 Å². The monoisotopic (exact) mass is 409 g/mol. The molecular weight excluding hydrogens is 386 g/mol. The summed E-state index contributed by atoms with van der Waals surface area (Å²) in [7, 11) is 0. The molecule has 4 aromatic carbocycles. The summed E-state index contributed by atoms with van der Waals surface area (Å²) in [5, 5.41) is 3.63. The summed E-state index contributed by atoms with van der Waals surface area (Å²) in [5.41, 5.74) is 13.4. The first-order valence-corrected chi connectivity index (χ1v) is 11.4. The lowest BCUT2D eigenvalue weighted by Gasteiger charge is -2.33. The van der Waals surface area contributed by atoms with E-state index in [1.165, 1.54) is 39.0 Å². The number of fused-ring (bicyclic) bond motifs is 9. The average Bonchev–Trinajstić information content (AvgIpc) is 3.32. The Hall–Kier alpha value is -3.84. The number of hydrogen-bond acceptors (Lipinski definition) is 1. The number of hydrogen-bond donors (Lipinski definition) is 1. The molecule has 1 unspecified atom stereocenters. The standard InChI is InChI=1S/C31H23N/c1-2-10-21(11-3-1)32-22-18-19-26-25-14-6-9-17-29(25)31(30(26)20-22)27-15-7-4-12-23(27)24-13-5-8-16-28(24)31/h1-7,9-15,17-20,32H,8,16H2. The molecule has 0 bridgehead atoms. The zero-order valence-corrected chi connectivity index (χ0v) is 17.8. The van der Waals surface area contributed by atoms with Crippen LogP contribution in [-0.2, 0) is 5.41 Å². The zero-order valence-electron chi connectivity index (χ0n) is 17.8. The van der Waals surface area contributed by atoms with E-state index in [0.29, 0.717) is 0 Å². The third kappa shape index (κ3) is 2.23. The first kappa shape index (κ1) is 17.8. The fourth-order valence-corrected chi connectivity index (χ4v) is 6.17. The molecule has 0 heterocycles. The van der Waals surface area contributed by atoms with Crippen molar-refractivity contribution < 1.29 is 0 Å². The Labute approximate surface area is 188 Å². The average molecular weight is 410 g/mol. The molecule has 1 spiro atoms. The van der Waals surface area contributed by atoms with Crippen molar-refractivity contribution in [1.82, 2.24) is 0 Å². The topological polar surface area (TPSA) is 12.0 Å². The van der Waals surface area contributed by atoms with Gasteiger partial charge in [0.05, 0.1) is 5.41 Å². The fraction of sp³-hybridized carbons (Fsp3) is 0.0968.